The Morgan fingerprint density at radius 1 is 1.31 bits per heavy atom. The number of ether oxygens (including phenoxy) is 1. The van der Waals surface area contributed by atoms with Crippen molar-refractivity contribution < 1.29 is 4.74 Å². The van der Waals surface area contributed by atoms with Gasteiger partial charge in [-0.05, 0) is 17.9 Å². The van der Waals surface area contributed by atoms with Gasteiger partial charge in [0.2, 0.25) is 0 Å². The summed E-state index contributed by atoms with van der Waals surface area (Å²) in [6, 6.07) is 0.569. The van der Waals surface area contributed by atoms with E-state index in [9.17, 15) is 0 Å². The molecule has 2 nitrogen and oxygen atoms in total. The maximum Gasteiger partial charge on any atom is 0.0591 e. The van der Waals surface area contributed by atoms with Crippen molar-refractivity contribution in [1.29, 1.82) is 0 Å². The first-order chi connectivity index (χ1) is 6.27. The third kappa shape index (κ3) is 12.3. The van der Waals surface area contributed by atoms with Crippen LogP contribution in [0.4, 0.5) is 0 Å². The molecule has 3 heteroatoms. The zero-order valence-electron chi connectivity index (χ0n) is 9.14. The fraction of sp³-hybridized carbons (Fsp3) is 1.00. The van der Waals surface area contributed by atoms with E-state index < -0.39 is 0 Å². The Hall–Kier alpha value is 0.270. The van der Waals surface area contributed by atoms with Gasteiger partial charge < -0.3 is 10.1 Å². The maximum absolute atomic E-state index is 5.45. The molecule has 0 aliphatic carbocycles. The van der Waals surface area contributed by atoms with Crippen LogP contribution in [0.1, 0.15) is 27.2 Å². The Balaban J connectivity index is 2.84. The van der Waals surface area contributed by atoms with E-state index in [1.54, 1.807) is 0 Å². The zero-order valence-corrected chi connectivity index (χ0v) is 9.95. The molecule has 0 spiro atoms. The first-order valence-corrected chi connectivity index (χ1v) is 6.31. The Morgan fingerprint density at radius 2 is 2.08 bits per heavy atom. The van der Waals surface area contributed by atoms with Gasteiger partial charge in [0.05, 0.1) is 6.61 Å². The molecule has 0 unspecified atom stereocenters. The van der Waals surface area contributed by atoms with Gasteiger partial charge in [-0.15, -0.1) is 0 Å². The van der Waals surface area contributed by atoms with E-state index in [4.69, 9.17) is 4.74 Å². The van der Waals surface area contributed by atoms with Crippen LogP contribution in [-0.4, -0.2) is 37.3 Å². The fourth-order valence-corrected chi connectivity index (χ4v) is 1.54. The average molecular weight is 205 g/mol. The van der Waals surface area contributed by atoms with Gasteiger partial charge in [0, 0.05) is 19.2 Å². The normalized spacial score (nSPS) is 11.1. The second-order valence-corrected chi connectivity index (χ2v) is 4.67. The third-order valence-electron chi connectivity index (χ3n) is 1.58. The minimum atomic E-state index is 0.569. The number of hydrogen-bond acceptors (Lipinski definition) is 3. The summed E-state index contributed by atoms with van der Waals surface area (Å²) in [5.74, 6) is 2.45. The van der Waals surface area contributed by atoms with Gasteiger partial charge >= 0.3 is 0 Å². The topological polar surface area (TPSA) is 21.3 Å². The van der Waals surface area contributed by atoms with Gasteiger partial charge in [0.1, 0.15) is 0 Å². The lowest BCUT2D eigenvalue weighted by Gasteiger charge is -2.08. The highest BCUT2D eigenvalue weighted by molar-refractivity contribution is 7.99. The van der Waals surface area contributed by atoms with Crippen molar-refractivity contribution in [1.82, 2.24) is 5.32 Å². The lowest BCUT2D eigenvalue weighted by Crippen LogP contribution is -2.26. The highest BCUT2D eigenvalue weighted by atomic mass is 32.2. The average Bonchev–Trinajstić information content (AvgIpc) is 2.09. The molecule has 1 N–H and O–H groups in total. The van der Waals surface area contributed by atoms with Gasteiger partial charge in [-0.25, -0.2) is 0 Å². The second-order valence-electron chi connectivity index (χ2n) is 3.27. The standard InChI is InChI=1S/C10H23NOS/c1-4-13-9-5-7-12-8-6-11-10(2)3/h10-11H,4-9H2,1-3H3. The van der Waals surface area contributed by atoms with Gasteiger partial charge in [-0.3, -0.25) is 0 Å². The molecule has 0 heterocycles. The molecular weight excluding hydrogens is 182 g/mol. The molecule has 0 aliphatic heterocycles. The minimum Gasteiger partial charge on any atom is -0.380 e. The largest absolute Gasteiger partial charge is 0.380 e. The minimum absolute atomic E-state index is 0.569. The Morgan fingerprint density at radius 3 is 2.69 bits per heavy atom. The molecular formula is C10H23NOS. The van der Waals surface area contributed by atoms with E-state index in [1.165, 1.54) is 17.9 Å². The Labute approximate surface area is 86.8 Å². The smallest absolute Gasteiger partial charge is 0.0591 e. The van der Waals surface area contributed by atoms with Crippen LogP contribution in [0.2, 0.25) is 0 Å². The molecule has 0 aromatic carbocycles. The SMILES string of the molecule is CCSCCCOCCNC(C)C. The van der Waals surface area contributed by atoms with Gasteiger partial charge in [0.25, 0.3) is 0 Å². The van der Waals surface area contributed by atoms with Crippen molar-refractivity contribution >= 4 is 11.8 Å². The van der Waals surface area contributed by atoms with Crippen LogP contribution in [0.3, 0.4) is 0 Å². The van der Waals surface area contributed by atoms with Crippen molar-refractivity contribution in [3.05, 3.63) is 0 Å². The number of thioether (sulfide) groups is 1. The first-order valence-electron chi connectivity index (χ1n) is 5.16. The molecule has 0 bridgehead atoms. The summed E-state index contributed by atoms with van der Waals surface area (Å²) in [6.45, 7) is 9.22. The summed E-state index contributed by atoms with van der Waals surface area (Å²) < 4.78 is 5.45. The molecule has 0 saturated carbocycles. The summed E-state index contributed by atoms with van der Waals surface area (Å²) in [5.41, 5.74) is 0. The van der Waals surface area contributed by atoms with Gasteiger partial charge in [-0.1, -0.05) is 20.8 Å². The summed E-state index contributed by atoms with van der Waals surface area (Å²) in [5, 5.41) is 3.32. The monoisotopic (exact) mass is 205 g/mol. The molecule has 0 radical (unpaired) electrons. The Bertz CT molecular complexity index is 98.9. The summed E-state index contributed by atoms with van der Waals surface area (Å²) in [7, 11) is 0. The fourth-order valence-electron chi connectivity index (χ4n) is 0.929. The van der Waals surface area contributed by atoms with E-state index in [0.29, 0.717) is 6.04 Å². The van der Waals surface area contributed by atoms with Crippen molar-refractivity contribution in [2.45, 2.75) is 33.2 Å². The van der Waals surface area contributed by atoms with Crippen molar-refractivity contribution in [2.24, 2.45) is 0 Å². The first kappa shape index (κ1) is 13.3. The maximum atomic E-state index is 5.45. The van der Waals surface area contributed by atoms with Crippen LogP contribution in [0.15, 0.2) is 0 Å². The molecule has 0 rings (SSSR count). The third-order valence-corrected chi connectivity index (χ3v) is 2.57. The molecule has 0 atom stereocenters. The van der Waals surface area contributed by atoms with E-state index in [1.807, 2.05) is 11.8 Å². The van der Waals surface area contributed by atoms with Crippen LogP contribution < -0.4 is 5.32 Å². The Kier molecular flexibility index (Phi) is 10.6. The van der Waals surface area contributed by atoms with E-state index >= 15 is 0 Å². The van der Waals surface area contributed by atoms with Crippen LogP contribution >= 0.6 is 11.8 Å². The van der Waals surface area contributed by atoms with E-state index in [-0.39, 0.29) is 0 Å². The molecule has 0 fully saturated rings. The lowest BCUT2D eigenvalue weighted by atomic mass is 10.4. The van der Waals surface area contributed by atoms with Crippen LogP contribution in [0, 0.1) is 0 Å². The molecule has 0 aromatic heterocycles. The van der Waals surface area contributed by atoms with Gasteiger partial charge in [-0.2, -0.15) is 11.8 Å². The second kappa shape index (κ2) is 10.4. The van der Waals surface area contributed by atoms with E-state index in [0.717, 1.165) is 19.8 Å². The lowest BCUT2D eigenvalue weighted by molar-refractivity contribution is 0.136. The quantitative estimate of drug-likeness (QED) is 0.583. The summed E-state index contributed by atoms with van der Waals surface area (Å²) in [6.07, 6.45) is 1.18. The summed E-state index contributed by atoms with van der Waals surface area (Å²) in [4.78, 5) is 0. The highest BCUT2D eigenvalue weighted by Crippen LogP contribution is 2.00. The van der Waals surface area contributed by atoms with Crippen molar-refractivity contribution in [2.75, 3.05) is 31.3 Å². The molecule has 0 amide bonds. The van der Waals surface area contributed by atoms with Crippen LogP contribution in [0.25, 0.3) is 0 Å². The highest BCUT2D eigenvalue weighted by Gasteiger charge is 1.92. The van der Waals surface area contributed by atoms with Crippen LogP contribution in [-0.2, 0) is 4.74 Å². The van der Waals surface area contributed by atoms with Gasteiger partial charge in [0.15, 0.2) is 0 Å². The van der Waals surface area contributed by atoms with Crippen molar-refractivity contribution in [3.63, 3.8) is 0 Å². The number of hydrogen-bond donors (Lipinski definition) is 1. The number of rotatable bonds is 9. The predicted octanol–water partition coefficient (Wildman–Crippen LogP) is 2.14. The van der Waals surface area contributed by atoms with E-state index in [2.05, 4.69) is 26.1 Å². The molecule has 0 saturated heterocycles. The van der Waals surface area contributed by atoms with Crippen LogP contribution in [0.5, 0.6) is 0 Å². The molecule has 80 valence electrons. The zero-order chi connectivity index (χ0) is 9.94. The summed E-state index contributed by atoms with van der Waals surface area (Å²) >= 11 is 1.98. The molecule has 0 aromatic rings. The number of nitrogens with one attached hydrogen (secondary N) is 1. The predicted molar refractivity (Wildman–Crippen MR) is 61.6 cm³/mol. The molecule has 13 heavy (non-hydrogen) atoms. The molecule has 0 aliphatic rings. The van der Waals surface area contributed by atoms with Crippen molar-refractivity contribution in [3.8, 4) is 0 Å².